The average Bonchev–Trinajstić information content (AvgIpc) is 2.12. The highest BCUT2D eigenvalue weighted by atomic mass is 16.5. The molecule has 1 N–H and O–H groups in total. The molecule has 0 radical (unpaired) electrons. The molecule has 0 rings (SSSR count). The standard InChI is InChI=1S/C10H19NO4/c1-9(2,3)11(14)7(12)10(4,5)8(13)15-6/h14H,1-6H3. The fourth-order valence-corrected chi connectivity index (χ4v) is 0.912. The number of hydrogen-bond donors (Lipinski definition) is 1. The molecule has 0 aliphatic heterocycles. The summed E-state index contributed by atoms with van der Waals surface area (Å²) in [6.45, 7) is 7.82. The average molecular weight is 217 g/mol. The molecule has 0 unspecified atom stereocenters. The Bertz CT molecular complexity index is 265. The monoisotopic (exact) mass is 217 g/mol. The van der Waals surface area contributed by atoms with Gasteiger partial charge in [0, 0.05) is 0 Å². The first-order valence-electron chi connectivity index (χ1n) is 4.67. The number of nitrogens with zero attached hydrogens (tertiary/aromatic N) is 1. The normalized spacial score (nSPS) is 12.2. The number of amides is 1. The van der Waals surface area contributed by atoms with Crippen molar-refractivity contribution < 1.29 is 19.5 Å². The molecule has 5 nitrogen and oxygen atoms in total. The Morgan fingerprint density at radius 3 is 1.80 bits per heavy atom. The number of carbonyl (C=O) groups excluding carboxylic acids is 2. The molecule has 15 heavy (non-hydrogen) atoms. The van der Waals surface area contributed by atoms with Gasteiger partial charge in [0.15, 0.2) is 0 Å². The summed E-state index contributed by atoms with van der Waals surface area (Å²) in [5.41, 5.74) is -2.13. The summed E-state index contributed by atoms with van der Waals surface area (Å²) in [5.74, 6) is -1.35. The largest absolute Gasteiger partial charge is 0.468 e. The second-order valence-electron chi connectivity index (χ2n) is 4.90. The fraction of sp³-hybridized carbons (Fsp3) is 0.800. The van der Waals surface area contributed by atoms with E-state index < -0.39 is 22.8 Å². The van der Waals surface area contributed by atoms with Gasteiger partial charge >= 0.3 is 5.97 Å². The highest BCUT2D eigenvalue weighted by Crippen LogP contribution is 2.24. The molecule has 0 aromatic heterocycles. The molecule has 0 aliphatic rings. The summed E-state index contributed by atoms with van der Waals surface area (Å²) in [4.78, 5) is 23.1. The van der Waals surface area contributed by atoms with E-state index in [4.69, 9.17) is 0 Å². The Labute approximate surface area is 90.0 Å². The van der Waals surface area contributed by atoms with Gasteiger partial charge in [-0.25, -0.2) is 5.06 Å². The van der Waals surface area contributed by atoms with Crippen molar-refractivity contribution in [1.82, 2.24) is 5.06 Å². The van der Waals surface area contributed by atoms with E-state index in [1.54, 1.807) is 20.8 Å². The zero-order chi connectivity index (χ0) is 12.4. The Morgan fingerprint density at radius 1 is 1.13 bits per heavy atom. The molecule has 1 amide bonds. The summed E-state index contributed by atoms with van der Waals surface area (Å²) in [6, 6.07) is 0. The van der Waals surface area contributed by atoms with E-state index in [9.17, 15) is 14.8 Å². The first-order valence-corrected chi connectivity index (χ1v) is 4.67. The molecule has 0 spiro atoms. The maximum Gasteiger partial charge on any atom is 0.320 e. The van der Waals surface area contributed by atoms with Gasteiger partial charge in [-0.3, -0.25) is 14.8 Å². The van der Waals surface area contributed by atoms with E-state index >= 15 is 0 Å². The summed E-state index contributed by atoms with van der Waals surface area (Å²) >= 11 is 0. The minimum Gasteiger partial charge on any atom is -0.468 e. The molecular formula is C10H19NO4. The highest BCUT2D eigenvalue weighted by Gasteiger charge is 2.43. The van der Waals surface area contributed by atoms with E-state index in [-0.39, 0.29) is 0 Å². The highest BCUT2D eigenvalue weighted by molar-refractivity contribution is 6.01. The van der Waals surface area contributed by atoms with Gasteiger partial charge in [-0.1, -0.05) is 0 Å². The van der Waals surface area contributed by atoms with Crippen LogP contribution in [0.15, 0.2) is 0 Å². The molecule has 88 valence electrons. The lowest BCUT2D eigenvalue weighted by Gasteiger charge is -2.34. The molecule has 0 heterocycles. The summed E-state index contributed by atoms with van der Waals surface area (Å²) in [6.07, 6.45) is 0. The molecular weight excluding hydrogens is 198 g/mol. The number of rotatable bonds is 2. The number of hydroxylamine groups is 2. The van der Waals surface area contributed by atoms with E-state index in [1.165, 1.54) is 21.0 Å². The fourth-order valence-electron chi connectivity index (χ4n) is 0.912. The van der Waals surface area contributed by atoms with E-state index in [0.29, 0.717) is 5.06 Å². The number of ether oxygens (including phenoxy) is 1. The first kappa shape index (κ1) is 13.9. The van der Waals surface area contributed by atoms with Crippen LogP contribution in [0.5, 0.6) is 0 Å². The van der Waals surface area contributed by atoms with E-state index in [0.717, 1.165) is 0 Å². The van der Waals surface area contributed by atoms with Crippen LogP contribution >= 0.6 is 0 Å². The second kappa shape index (κ2) is 4.18. The Kier molecular flexibility index (Phi) is 3.88. The topological polar surface area (TPSA) is 66.8 Å². The molecule has 0 bridgehead atoms. The number of esters is 1. The van der Waals surface area contributed by atoms with E-state index in [2.05, 4.69) is 4.74 Å². The summed E-state index contributed by atoms with van der Waals surface area (Å²) < 4.78 is 4.50. The van der Waals surface area contributed by atoms with Gasteiger partial charge in [0.2, 0.25) is 0 Å². The van der Waals surface area contributed by atoms with Crippen molar-refractivity contribution in [2.45, 2.75) is 40.2 Å². The molecule has 0 aromatic carbocycles. The lowest BCUT2D eigenvalue weighted by Crippen LogP contribution is -2.51. The van der Waals surface area contributed by atoms with Crippen LogP contribution in [0.2, 0.25) is 0 Å². The van der Waals surface area contributed by atoms with Gasteiger partial charge in [0.05, 0.1) is 12.6 Å². The van der Waals surface area contributed by atoms with Crippen molar-refractivity contribution in [3.05, 3.63) is 0 Å². The van der Waals surface area contributed by atoms with Crippen LogP contribution in [-0.4, -0.2) is 34.8 Å². The quantitative estimate of drug-likeness (QED) is 0.326. The molecule has 0 aliphatic carbocycles. The van der Waals surface area contributed by atoms with Crippen molar-refractivity contribution in [3.8, 4) is 0 Å². The third kappa shape index (κ3) is 2.92. The van der Waals surface area contributed by atoms with Crippen LogP contribution < -0.4 is 0 Å². The Morgan fingerprint density at radius 2 is 1.53 bits per heavy atom. The molecule has 0 saturated heterocycles. The SMILES string of the molecule is COC(=O)C(C)(C)C(=O)N(O)C(C)(C)C. The Balaban J connectivity index is 4.94. The molecule has 5 heteroatoms. The third-order valence-electron chi connectivity index (χ3n) is 2.06. The number of hydrogen-bond acceptors (Lipinski definition) is 4. The lowest BCUT2D eigenvalue weighted by molar-refractivity contribution is -0.200. The van der Waals surface area contributed by atoms with Gasteiger partial charge in [-0.05, 0) is 34.6 Å². The van der Waals surface area contributed by atoms with Crippen LogP contribution in [0.4, 0.5) is 0 Å². The number of carbonyl (C=O) groups is 2. The van der Waals surface area contributed by atoms with Gasteiger partial charge in [-0.2, -0.15) is 0 Å². The second-order valence-corrected chi connectivity index (χ2v) is 4.90. The Hall–Kier alpha value is -1.10. The predicted octanol–water partition coefficient (Wildman–Crippen LogP) is 1.20. The molecule has 0 saturated carbocycles. The van der Waals surface area contributed by atoms with Crippen LogP contribution in [0.1, 0.15) is 34.6 Å². The zero-order valence-corrected chi connectivity index (χ0v) is 10.1. The van der Waals surface area contributed by atoms with Crippen LogP contribution in [0.25, 0.3) is 0 Å². The van der Waals surface area contributed by atoms with Crippen LogP contribution in [0.3, 0.4) is 0 Å². The zero-order valence-electron chi connectivity index (χ0n) is 10.1. The van der Waals surface area contributed by atoms with Crippen molar-refractivity contribution >= 4 is 11.9 Å². The molecule has 0 fully saturated rings. The van der Waals surface area contributed by atoms with Crippen LogP contribution in [0, 0.1) is 5.41 Å². The first-order chi connectivity index (χ1) is 6.55. The lowest BCUT2D eigenvalue weighted by atomic mass is 9.91. The smallest absolute Gasteiger partial charge is 0.320 e. The van der Waals surface area contributed by atoms with Crippen molar-refractivity contribution in [3.63, 3.8) is 0 Å². The van der Waals surface area contributed by atoms with Gasteiger partial charge in [0.1, 0.15) is 5.41 Å². The minimum atomic E-state index is -1.38. The molecule has 0 aromatic rings. The van der Waals surface area contributed by atoms with Crippen molar-refractivity contribution in [2.24, 2.45) is 5.41 Å². The predicted molar refractivity (Wildman–Crippen MR) is 54.2 cm³/mol. The summed E-state index contributed by atoms with van der Waals surface area (Å²) in [7, 11) is 1.20. The van der Waals surface area contributed by atoms with Gasteiger partial charge in [-0.15, -0.1) is 0 Å². The number of methoxy groups -OCH3 is 1. The minimum absolute atomic E-state index is 0.559. The summed E-state index contributed by atoms with van der Waals surface area (Å²) in [5, 5.41) is 10.2. The maximum atomic E-state index is 11.8. The van der Waals surface area contributed by atoms with Crippen LogP contribution in [-0.2, 0) is 14.3 Å². The van der Waals surface area contributed by atoms with Crippen molar-refractivity contribution in [2.75, 3.05) is 7.11 Å². The van der Waals surface area contributed by atoms with Gasteiger partial charge < -0.3 is 4.74 Å². The third-order valence-corrected chi connectivity index (χ3v) is 2.06. The van der Waals surface area contributed by atoms with Crippen molar-refractivity contribution in [1.29, 1.82) is 0 Å². The maximum absolute atomic E-state index is 11.8. The van der Waals surface area contributed by atoms with E-state index in [1.807, 2.05) is 0 Å². The van der Waals surface area contributed by atoms with Gasteiger partial charge in [0.25, 0.3) is 5.91 Å². The molecule has 0 atom stereocenters.